The minimum Gasteiger partial charge on any atom is -0.371 e. The molecule has 0 aliphatic rings. The van der Waals surface area contributed by atoms with Crippen molar-refractivity contribution in [1.82, 2.24) is 0 Å². The summed E-state index contributed by atoms with van der Waals surface area (Å²) in [7, 11) is 0. The van der Waals surface area contributed by atoms with E-state index in [2.05, 4.69) is 32.6 Å². The zero-order valence-electron chi connectivity index (χ0n) is 15.1. The van der Waals surface area contributed by atoms with E-state index in [0.29, 0.717) is 17.4 Å². The third-order valence-corrected chi connectivity index (χ3v) is 3.60. The number of hydrogen-bond acceptors (Lipinski definition) is 4. The minimum absolute atomic E-state index is 0.142. The standard InChI is InChI=1S/C20H24N4/c1-14(2)12-24(13-15(3)4)18-6-7-19(16(5)8-18)20(11-23)17(9-21)10-22/h6-8,14-15H,12-13H2,1-5H3. The van der Waals surface area contributed by atoms with Crippen LogP contribution in [0.25, 0.3) is 5.57 Å². The lowest BCUT2D eigenvalue weighted by Crippen LogP contribution is -2.31. The van der Waals surface area contributed by atoms with Crippen molar-refractivity contribution in [2.45, 2.75) is 34.6 Å². The second-order valence-electron chi connectivity index (χ2n) is 6.78. The number of aryl methyl sites for hydroxylation is 1. The Hall–Kier alpha value is -2.77. The number of nitriles is 3. The highest BCUT2D eigenvalue weighted by molar-refractivity contribution is 5.86. The second kappa shape index (κ2) is 8.76. The van der Waals surface area contributed by atoms with E-state index >= 15 is 0 Å². The van der Waals surface area contributed by atoms with Crippen molar-refractivity contribution in [2.24, 2.45) is 11.8 Å². The van der Waals surface area contributed by atoms with Crippen molar-refractivity contribution >= 4 is 11.3 Å². The molecule has 0 heterocycles. The summed E-state index contributed by atoms with van der Waals surface area (Å²) in [4.78, 5) is 2.34. The van der Waals surface area contributed by atoms with Gasteiger partial charge < -0.3 is 4.90 Å². The van der Waals surface area contributed by atoms with Gasteiger partial charge in [0.15, 0.2) is 0 Å². The van der Waals surface area contributed by atoms with Crippen molar-refractivity contribution in [3.05, 3.63) is 34.9 Å². The average Bonchev–Trinajstić information content (AvgIpc) is 2.51. The van der Waals surface area contributed by atoms with E-state index in [4.69, 9.17) is 10.5 Å². The van der Waals surface area contributed by atoms with Crippen molar-refractivity contribution in [2.75, 3.05) is 18.0 Å². The largest absolute Gasteiger partial charge is 0.371 e. The molecule has 0 atom stereocenters. The molecule has 0 aromatic heterocycles. The number of benzene rings is 1. The number of nitrogens with zero attached hydrogens (tertiary/aromatic N) is 4. The van der Waals surface area contributed by atoms with E-state index in [-0.39, 0.29) is 11.1 Å². The average molecular weight is 320 g/mol. The Kier molecular flexibility index (Phi) is 7.03. The summed E-state index contributed by atoms with van der Waals surface area (Å²) in [5.74, 6) is 1.09. The molecular formula is C20H24N4. The Morgan fingerprint density at radius 3 is 1.88 bits per heavy atom. The van der Waals surface area contributed by atoms with Crippen LogP contribution in [-0.2, 0) is 0 Å². The molecule has 0 radical (unpaired) electrons. The lowest BCUT2D eigenvalue weighted by molar-refractivity contribution is 0.552. The Bertz CT molecular complexity index is 710. The molecule has 1 rings (SSSR count). The molecule has 0 spiro atoms. The Morgan fingerprint density at radius 1 is 0.958 bits per heavy atom. The SMILES string of the molecule is Cc1cc(N(CC(C)C)CC(C)C)ccc1C(C#N)=C(C#N)C#N. The Labute approximate surface area is 145 Å². The van der Waals surface area contributed by atoms with Gasteiger partial charge in [0, 0.05) is 18.8 Å². The number of allylic oxidation sites excluding steroid dienone is 2. The highest BCUT2D eigenvalue weighted by Crippen LogP contribution is 2.27. The molecule has 1 aromatic carbocycles. The van der Waals surface area contributed by atoms with E-state index in [1.54, 1.807) is 12.1 Å². The number of rotatable bonds is 6. The van der Waals surface area contributed by atoms with Crippen LogP contribution in [0.1, 0.15) is 38.8 Å². The van der Waals surface area contributed by atoms with Crippen molar-refractivity contribution in [3.63, 3.8) is 0 Å². The van der Waals surface area contributed by atoms with Crippen LogP contribution >= 0.6 is 0 Å². The smallest absolute Gasteiger partial charge is 0.148 e. The van der Waals surface area contributed by atoms with Crippen LogP contribution in [0.4, 0.5) is 5.69 Å². The molecule has 4 heteroatoms. The van der Waals surface area contributed by atoms with Crippen LogP contribution in [0.15, 0.2) is 23.8 Å². The molecule has 0 aliphatic heterocycles. The van der Waals surface area contributed by atoms with Gasteiger partial charge in [0.05, 0.1) is 5.57 Å². The maximum Gasteiger partial charge on any atom is 0.148 e. The molecule has 24 heavy (non-hydrogen) atoms. The molecule has 0 saturated heterocycles. The van der Waals surface area contributed by atoms with Gasteiger partial charge in [-0.15, -0.1) is 0 Å². The van der Waals surface area contributed by atoms with E-state index in [1.165, 1.54) is 0 Å². The topological polar surface area (TPSA) is 74.6 Å². The molecule has 1 aromatic rings. The van der Waals surface area contributed by atoms with Crippen LogP contribution in [-0.4, -0.2) is 13.1 Å². The fourth-order valence-corrected chi connectivity index (χ4v) is 2.68. The lowest BCUT2D eigenvalue weighted by atomic mass is 9.96. The maximum absolute atomic E-state index is 9.33. The second-order valence-corrected chi connectivity index (χ2v) is 6.78. The molecule has 0 saturated carbocycles. The van der Waals surface area contributed by atoms with Crippen LogP contribution in [0.5, 0.6) is 0 Å². The normalized spacial score (nSPS) is 10.0. The van der Waals surface area contributed by atoms with E-state index in [1.807, 2.05) is 31.2 Å². The molecule has 0 bridgehead atoms. The first kappa shape index (κ1) is 19.3. The summed E-state index contributed by atoms with van der Waals surface area (Å²) in [5.41, 5.74) is 2.64. The Balaban J connectivity index is 3.33. The maximum atomic E-state index is 9.33. The van der Waals surface area contributed by atoms with Crippen LogP contribution < -0.4 is 4.90 Å². The van der Waals surface area contributed by atoms with Crippen LogP contribution in [0.2, 0.25) is 0 Å². The number of anilines is 1. The van der Waals surface area contributed by atoms with E-state index in [0.717, 1.165) is 24.3 Å². The van der Waals surface area contributed by atoms with Crippen molar-refractivity contribution in [1.29, 1.82) is 15.8 Å². The third kappa shape index (κ3) is 4.87. The first-order valence-electron chi connectivity index (χ1n) is 8.14. The van der Waals surface area contributed by atoms with Gasteiger partial charge in [0.2, 0.25) is 0 Å². The first-order valence-corrected chi connectivity index (χ1v) is 8.14. The summed E-state index contributed by atoms with van der Waals surface area (Å²) in [6.07, 6.45) is 0. The van der Waals surface area contributed by atoms with Gasteiger partial charge in [-0.3, -0.25) is 0 Å². The molecule has 4 nitrogen and oxygen atoms in total. The van der Waals surface area contributed by atoms with E-state index < -0.39 is 0 Å². The quantitative estimate of drug-likeness (QED) is 0.726. The van der Waals surface area contributed by atoms with Crippen LogP contribution in [0, 0.1) is 52.8 Å². The predicted octanol–water partition coefficient (Wildman–Crippen LogP) is 4.44. The van der Waals surface area contributed by atoms with Gasteiger partial charge in [-0.1, -0.05) is 33.8 Å². The lowest BCUT2D eigenvalue weighted by Gasteiger charge is -2.29. The van der Waals surface area contributed by atoms with Gasteiger partial charge in [-0.25, -0.2) is 0 Å². The molecule has 0 fully saturated rings. The molecule has 0 N–H and O–H groups in total. The highest BCUT2D eigenvalue weighted by atomic mass is 15.1. The molecule has 0 amide bonds. The monoisotopic (exact) mass is 320 g/mol. The summed E-state index contributed by atoms with van der Waals surface area (Å²) in [6, 6.07) is 11.4. The van der Waals surface area contributed by atoms with Crippen molar-refractivity contribution < 1.29 is 0 Å². The fraction of sp³-hybridized carbons (Fsp3) is 0.450. The first-order chi connectivity index (χ1) is 11.3. The zero-order chi connectivity index (χ0) is 18.3. The van der Waals surface area contributed by atoms with Gasteiger partial charge in [0.1, 0.15) is 23.8 Å². The predicted molar refractivity (Wildman–Crippen MR) is 96.8 cm³/mol. The van der Waals surface area contributed by atoms with E-state index in [9.17, 15) is 5.26 Å². The Morgan fingerprint density at radius 2 is 1.50 bits per heavy atom. The molecule has 0 unspecified atom stereocenters. The summed E-state index contributed by atoms with van der Waals surface area (Å²) in [5, 5.41) is 27.4. The third-order valence-electron chi connectivity index (χ3n) is 3.60. The minimum atomic E-state index is -0.144. The zero-order valence-corrected chi connectivity index (χ0v) is 15.1. The highest BCUT2D eigenvalue weighted by Gasteiger charge is 2.15. The van der Waals surface area contributed by atoms with Gasteiger partial charge in [-0.2, -0.15) is 15.8 Å². The van der Waals surface area contributed by atoms with Crippen LogP contribution in [0.3, 0.4) is 0 Å². The summed E-state index contributed by atoms with van der Waals surface area (Å²) < 4.78 is 0. The summed E-state index contributed by atoms with van der Waals surface area (Å²) >= 11 is 0. The van der Waals surface area contributed by atoms with Gasteiger partial charge in [0.25, 0.3) is 0 Å². The molecular weight excluding hydrogens is 296 g/mol. The van der Waals surface area contributed by atoms with Gasteiger partial charge >= 0.3 is 0 Å². The fourth-order valence-electron chi connectivity index (χ4n) is 2.68. The number of hydrogen-bond donors (Lipinski definition) is 0. The molecule has 0 aliphatic carbocycles. The van der Waals surface area contributed by atoms with Crippen molar-refractivity contribution in [3.8, 4) is 18.2 Å². The van der Waals surface area contributed by atoms with Gasteiger partial charge in [-0.05, 0) is 42.0 Å². The molecule has 124 valence electrons. The summed E-state index contributed by atoms with van der Waals surface area (Å²) in [6.45, 7) is 12.6.